The molecule has 0 saturated carbocycles. The molecular weight excluding hydrogens is 330 g/mol. The van der Waals surface area contributed by atoms with E-state index in [1.807, 2.05) is 44.3 Å². The second-order valence-electron chi connectivity index (χ2n) is 6.54. The van der Waals surface area contributed by atoms with Gasteiger partial charge in [0.2, 0.25) is 0 Å². The highest BCUT2D eigenvalue weighted by atomic mass is 16.5. The molecule has 26 heavy (non-hydrogen) atoms. The molecular formula is C20H27N3O3. The molecule has 0 aliphatic carbocycles. The average Bonchev–Trinajstić information content (AvgIpc) is 2.70. The zero-order chi connectivity index (χ0) is 18.5. The molecule has 0 aromatic carbocycles. The molecule has 1 atom stereocenters. The molecule has 1 aromatic rings. The van der Waals surface area contributed by atoms with Crippen molar-refractivity contribution in [3.63, 3.8) is 0 Å². The number of pyridine rings is 1. The number of carbonyl (C=O) groups excluding carboxylic acids is 1. The number of hydrogen-bond donors (Lipinski definition) is 2. The van der Waals surface area contributed by atoms with Crippen molar-refractivity contribution in [2.45, 2.75) is 32.4 Å². The summed E-state index contributed by atoms with van der Waals surface area (Å²) in [4.78, 5) is 17.0. The Hall–Kier alpha value is -2.18. The van der Waals surface area contributed by atoms with Crippen molar-refractivity contribution in [2.75, 3.05) is 26.3 Å². The maximum atomic E-state index is 12.8. The first-order valence-electron chi connectivity index (χ1n) is 9.27. The van der Waals surface area contributed by atoms with Crippen molar-refractivity contribution in [1.29, 1.82) is 0 Å². The number of hydrogen-bond acceptors (Lipinski definition) is 6. The Balaban J connectivity index is 1.91. The third kappa shape index (κ3) is 3.39. The van der Waals surface area contributed by atoms with Gasteiger partial charge in [0.25, 0.3) is 0 Å². The van der Waals surface area contributed by atoms with E-state index in [4.69, 9.17) is 9.47 Å². The van der Waals surface area contributed by atoms with Crippen molar-refractivity contribution in [1.82, 2.24) is 15.6 Å². The molecule has 0 bridgehead atoms. The molecule has 1 aromatic heterocycles. The molecule has 2 aliphatic heterocycles. The highest BCUT2D eigenvalue weighted by Gasteiger charge is 2.45. The van der Waals surface area contributed by atoms with Gasteiger partial charge < -0.3 is 20.1 Å². The first-order chi connectivity index (χ1) is 12.7. The number of dihydropyridines is 1. The van der Waals surface area contributed by atoms with Crippen LogP contribution in [0.25, 0.3) is 0 Å². The van der Waals surface area contributed by atoms with Crippen LogP contribution in [0.3, 0.4) is 0 Å². The van der Waals surface area contributed by atoms with Crippen LogP contribution in [-0.4, -0.2) is 37.3 Å². The van der Waals surface area contributed by atoms with E-state index in [2.05, 4.69) is 15.6 Å². The van der Waals surface area contributed by atoms with Crippen molar-refractivity contribution in [3.8, 4) is 0 Å². The number of nitrogens with zero attached hydrogens (tertiary/aromatic N) is 1. The number of esters is 1. The summed E-state index contributed by atoms with van der Waals surface area (Å²) in [6.45, 7) is 6.32. The zero-order valence-electron chi connectivity index (χ0n) is 15.5. The number of piperidine rings is 1. The molecule has 3 rings (SSSR count). The molecule has 0 spiro atoms. The predicted molar refractivity (Wildman–Crippen MR) is 99.1 cm³/mol. The van der Waals surface area contributed by atoms with E-state index in [0.717, 1.165) is 37.1 Å². The summed E-state index contributed by atoms with van der Waals surface area (Å²) in [7, 11) is 0. The van der Waals surface area contributed by atoms with Crippen LogP contribution >= 0.6 is 0 Å². The quantitative estimate of drug-likeness (QED) is 0.761. The van der Waals surface area contributed by atoms with E-state index in [1.165, 1.54) is 0 Å². The van der Waals surface area contributed by atoms with Gasteiger partial charge in [0.1, 0.15) is 0 Å². The first kappa shape index (κ1) is 18.6. The number of rotatable bonds is 6. The van der Waals surface area contributed by atoms with Crippen LogP contribution in [0.1, 0.15) is 32.3 Å². The van der Waals surface area contributed by atoms with Crippen molar-refractivity contribution in [3.05, 3.63) is 54.0 Å². The van der Waals surface area contributed by atoms with Crippen LogP contribution < -0.4 is 10.6 Å². The largest absolute Gasteiger partial charge is 0.465 e. The summed E-state index contributed by atoms with van der Waals surface area (Å²) in [6, 6.07) is 3.86. The summed E-state index contributed by atoms with van der Waals surface area (Å²) in [5.41, 5.74) is 0.480. The predicted octanol–water partition coefficient (Wildman–Crippen LogP) is 2.25. The molecule has 6 heteroatoms. The molecule has 2 N–H and O–H groups in total. The van der Waals surface area contributed by atoms with Gasteiger partial charge in [-0.25, -0.2) is 0 Å². The molecule has 2 aliphatic rings. The fraction of sp³-hybridized carbons (Fsp3) is 0.500. The smallest absolute Gasteiger partial charge is 0.316 e. The van der Waals surface area contributed by atoms with E-state index < -0.39 is 11.1 Å². The van der Waals surface area contributed by atoms with Gasteiger partial charge in [0.15, 0.2) is 5.72 Å². The fourth-order valence-corrected chi connectivity index (χ4v) is 3.68. The molecule has 1 unspecified atom stereocenters. The lowest BCUT2D eigenvalue weighted by molar-refractivity contribution is -0.154. The van der Waals surface area contributed by atoms with E-state index >= 15 is 0 Å². The molecule has 140 valence electrons. The highest BCUT2D eigenvalue weighted by molar-refractivity contribution is 5.82. The third-order valence-corrected chi connectivity index (χ3v) is 5.08. The van der Waals surface area contributed by atoms with Gasteiger partial charge >= 0.3 is 5.97 Å². The number of allylic oxidation sites excluding steroid dienone is 1. The van der Waals surface area contributed by atoms with Crippen LogP contribution in [-0.2, 0) is 20.0 Å². The van der Waals surface area contributed by atoms with E-state index in [1.54, 1.807) is 12.4 Å². The molecule has 0 amide bonds. The number of carbonyl (C=O) groups is 1. The Kier molecular flexibility index (Phi) is 5.74. The standard InChI is InChI=1S/C20H27N3O3/c1-3-25-18(24)19(9-12-21-13-10-19)16-7-8-20(23-15-16,26-4-2)17-6-5-11-22-14-17/h5-8,11,14-15,21,23H,3-4,9-10,12-13H2,1-2H3. The molecule has 1 fully saturated rings. The number of ether oxygens (including phenoxy) is 2. The second kappa shape index (κ2) is 8.01. The fourth-order valence-electron chi connectivity index (χ4n) is 3.68. The van der Waals surface area contributed by atoms with E-state index in [0.29, 0.717) is 13.2 Å². The maximum absolute atomic E-state index is 12.8. The van der Waals surface area contributed by atoms with Gasteiger partial charge in [-0.2, -0.15) is 0 Å². The van der Waals surface area contributed by atoms with Gasteiger partial charge in [0, 0.05) is 30.8 Å². The minimum atomic E-state index is -0.769. The van der Waals surface area contributed by atoms with Gasteiger partial charge in [0.05, 0.1) is 12.0 Å². The van der Waals surface area contributed by atoms with Gasteiger partial charge in [-0.1, -0.05) is 12.1 Å². The lowest BCUT2D eigenvalue weighted by Gasteiger charge is -2.40. The summed E-state index contributed by atoms with van der Waals surface area (Å²) in [5, 5.41) is 6.71. The Morgan fingerprint density at radius 3 is 2.65 bits per heavy atom. The maximum Gasteiger partial charge on any atom is 0.316 e. The SMILES string of the molecule is CCOC(=O)C1(C2=CNC(OCC)(c3cccnc3)C=C2)CCNCC1. The Morgan fingerprint density at radius 1 is 1.27 bits per heavy atom. The molecule has 0 radical (unpaired) electrons. The molecule has 6 nitrogen and oxygen atoms in total. The van der Waals surface area contributed by atoms with E-state index in [9.17, 15) is 4.79 Å². The van der Waals surface area contributed by atoms with E-state index in [-0.39, 0.29) is 5.97 Å². The average molecular weight is 357 g/mol. The normalized spacial score (nSPS) is 24.5. The van der Waals surface area contributed by atoms with Crippen LogP contribution in [0.2, 0.25) is 0 Å². The summed E-state index contributed by atoms with van der Waals surface area (Å²) < 4.78 is 11.4. The third-order valence-electron chi connectivity index (χ3n) is 5.08. The summed E-state index contributed by atoms with van der Waals surface area (Å²) in [5.74, 6) is -0.149. The lowest BCUT2D eigenvalue weighted by atomic mass is 9.72. The second-order valence-corrected chi connectivity index (χ2v) is 6.54. The Morgan fingerprint density at radius 2 is 2.08 bits per heavy atom. The van der Waals surface area contributed by atoms with Crippen LogP contribution in [0.15, 0.2) is 48.5 Å². The van der Waals surface area contributed by atoms with Gasteiger partial charge in [-0.15, -0.1) is 0 Å². The number of aromatic nitrogens is 1. The highest BCUT2D eigenvalue weighted by Crippen LogP contribution is 2.41. The van der Waals surface area contributed by atoms with Gasteiger partial charge in [-0.05, 0) is 57.5 Å². The summed E-state index contributed by atoms with van der Waals surface area (Å²) >= 11 is 0. The lowest BCUT2D eigenvalue weighted by Crippen LogP contribution is -2.47. The zero-order valence-corrected chi connectivity index (χ0v) is 15.5. The van der Waals surface area contributed by atoms with Crippen molar-refractivity contribution < 1.29 is 14.3 Å². The Bertz CT molecular complexity index is 681. The Labute approximate surface area is 154 Å². The monoisotopic (exact) mass is 357 g/mol. The van der Waals surface area contributed by atoms with Gasteiger partial charge in [-0.3, -0.25) is 9.78 Å². The minimum Gasteiger partial charge on any atom is -0.465 e. The minimum absolute atomic E-state index is 0.149. The summed E-state index contributed by atoms with van der Waals surface area (Å²) in [6.07, 6.45) is 10.9. The van der Waals surface area contributed by atoms with Crippen LogP contribution in [0.5, 0.6) is 0 Å². The molecule has 1 saturated heterocycles. The topological polar surface area (TPSA) is 72.5 Å². The number of nitrogens with one attached hydrogen (secondary N) is 2. The van der Waals surface area contributed by atoms with Crippen LogP contribution in [0, 0.1) is 5.41 Å². The van der Waals surface area contributed by atoms with Crippen molar-refractivity contribution in [2.24, 2.45) is 5.41 Å². The molecule has 3 heterocycles. The van der Waals surface area contributed by atoms with Crippen molar-refractivity contribution >= 4 is 5.97 Å². The first-order valence-corrected chi connectivity index (χ1v) is 9.27. The van der Waals surface area contributed by atoms with Crippen LogP contribution in [0.4, 0.5) is 0 Å².